The smallest absolute Gasteiger partial charge is 0.335 e. The number of hydrogen-bond donors (Lipinski definition) is 3. The van der Waals surface area contributed by atoms with Gasteiger partial charge in [-0.25, -0.2) is 14.3 Å². The highest BCUT2D eigenvalue weighted by Crippen LogP contribution is 2.19. The first-order valence-electron chi connectivity index (χ1n) is 6.64. The van der Waals surface area contributed by atoms with Crippen LogP contribution in [0.15, 0.2) is 48.5 Å². The lowest BCUT2D eigenvalue weighted by Gasteiger charge is -2.00. The first kappa shape index (κ1) is 12.4. The van der Waals surface area contributed by atoms with Crippen molar-refractivity contribution < 1.29 is 9.90 Å². The fourth-order valence-corrected chi connectivity index (χ4v) is 2.33. The van der Waals surface area contributed by atoms with Gasteiger partial charge in [0.2, 0.25) is 5.95 Å². The molecule has 2 heterocycles. The van der Waals surface area contributed by atoms with Crippen LogP contribution in [-0.2, 0) is 0 Å². The normalized spacial score (nSPS) is 11.1. The van der Waals surface area contributed by atoms with E-state index in [1.165, 1.54) is 6.07 Å². The van der Waals surface area contributed by atoms with Crippen LogP contribution < -0.4 is 5.32 Å². The number of aromatic carboxylic acids is 1. The van der Waals surface area contributed by atoms with Gasteiger partial charge in [-0.05, 0) is 30.3 Å². The molecule has 3 N–H and O–H groups in total. The average molecular weight is 293 g/mol. The van der Waals surface area contributed by atoms with Gasteiger partial charge in [-0.3, -0.25) is 5.10 Å². The number of anilines is 2. The van der Waals surface area contributed by atoms with Crippen LogP contribution >= 0.6 is 0 Å². The van der Waals surface area contributed by atoms with Gasteiger partial charge in [0.1, 0.15) is 0 Å². The topological polar surface area (TPSA) is 95.3 Å². The maximum Gasteiger partial charge on any atom is 0.335 e. The molecule has 4 rings (SSSR count). The molecule has 2 aromatic carbocycles. The minimum atomic E-state index is -0.974. The van der Waals surface area contributed by atoms with Gasteiger partial charge in [-0.1, -0.05) is 18.2 Å². The molecule has 7 heteroatoms. The van der Waals surface area contributed by atoms with E-state index in [0.717, 1.165) is 11.2 Å². The van der Waals surface area contributed by atoms with Crippen molar-refractivity contribution in [1.82, 2.24) is 19.6 Å². The van der Waals surface area contributed by atoms with Crippen LogP contribution in [-0.4, -0.2) is 30.7 Å². The van der Waals surface area contributed by atoms with E-state index >= 15 is 0 Å². The van der Waals surface area contributed by atoms with Gasteiger partial charge in [0, 0.05) is 5.69 Å². The number of carboxylic acids is 1. The van der Waals surface area contributed by atoms with Crippen molar-refractivity contribution in [1.29, 1.82) is 0 Å². The van der Waals surface area contributed by atoms with Gasteiger partial charge in [-0.15, -0.1) is 0 Å². The number of aromatic nitrogens is 4. The molecule has 4 aromatic rings. The first-order valence-corrected chi connectivity index (χ1v) is 6.64. The predicted molar refractivity (Wildman–Crippen MR) is 81.5 cm³/mol. The number of hydrogen-bond acceptors (Lipinski definition) is 4. The minimum absolute atomic E-state index is 0.205. The molecule has 7 nitrogen and oxygen atoms in total. The zero-order valence-corrected chi connectivity index (χ0v) is 11.3. The first-order chi connectivity index (χ1) is 10.7. The lowest BCUT2D eigenvalue weighted by molar-refractivity contribution is 0.0697. The Hall–Kier alpha value is -3.35. The van der Waals surface area contributed by atoms with Gasteiger partial charge < -0.3 is 10.4 Å². The number of H-pyrrole nitrogens is 1. The van der Waals surface area contributed by atoms with Crippen LogP contribution in [0.3, 0.4) is 0 Å². The van der Waals surface area contributed by atoms with E-state index in [0.29, 0.717) is 17.2 Å². The molecule has 2 aromatic heterocycles. The Kier molecular flexibility index (Phi) is 2.59. The Bertz CT molecular complexity index is 987. The van der Waals surface area contributed by atoms with Crippen molar-refractivity contribution in [3.05, 3.63) is 54.1 Å². The lowest BCUT2D eigenvalue weighted by Crippen LogP contribution is -1.96. The highest BCUT2D eigenvalue weighted by Gasteiger charge is 2.12. The highest BCUT2D eigenvalue weighted by atomic mass is 16.4. The Morgan fingerprint density at radius 1 is 1.14 bits per heavy atom. The molecule has 0 aliphatic carbocycles. The molecule has 0 saturated heterocycles. The van der Waals surface area contributed by atoms with E-state index in [2.05, 4.69) is 20.4 Å². The molecule has 22 heavy (non-hydrogen) atoms. The van der Waals surface area contributed by atoms with Crippen molar-refractivity contribution >= 4 is 34.4 Å². The number of rotatable bonds is 3. The second-order valence-electron chi connectivity index (χ2n) is 4.82. The van der Waals surface area contributed by atoms with E-state index in [1.54, 1.807) is 16.6 Å². The molecule has 0 radical (unpaired) electrons. The Morgan fingerprint density at radius 3 is 2.73 bits per heavy atom. The summed E-state index contributed by atoms with van der Waals surface area (Å²) >= 11 is 0. The number of carboxylic acid groups (broad SMARTS) is 1. The molecule has 0 atom stereocenters. The summed E-state index contributed by atoms with van der Waals surface area (Å²) in [6.07, 6.45) is 0. The third-order valence-electron chi connectivity index (χ3n) is 3.35. The molecule has 0 aliphatic rings. The van der Waals surface area contributed by atoms with Crippen molar-refractivity contribution in [3.63, 3.8) is 0 Å². The molecule has 108 valence electrons. The zero-order chi connectivity index (χ0) is 15.1. The zero-order valence-electron chi connectivity index (χ0n) is 11.3. The van der Waals surface area contributed by atoms with E-state index < -0.39 is 5.97 Å². The molecule has 0 unspecified atom stereocenters. The summed E-state index contributed by atoms with van der Waals surface area (Å²) in [6.45, 7) is 0. The van der Waals surface area contributed by atoms with Gasteiger partial charge in [0.05, 0.1) is 16.6 Å². The molecule has 0 bridgehead atoms. The number of benzene rings is 2. The molecule has 0 amide bonds. The maximum absolute atomic E-state index is 11.0. The summed E-state index contributed by atoms with van der Waals surface area (Å²) < 4.78 is 1.71. The molecule has 0 spiro atoms. The van der Waals surface area contributed by atoms with Gasteiger partial charge in [-0.2, -0.15) is 4.98 Å². The van der Waals surface area contributed by atoms with Crippen LogP contribution in [0.1, 0.15) is 10.4 Å². The van der Waals surface area contributed by atoms with Crippen LogP contribution in [0.5, 0.6) is 0 Å². The molecule has 0 saturated carbocycles. The number of aromatic amines is 1. The van der Waals surface area contributed by atoms with Crippen molar-refractivity contribution in [2.75, 3.05) is 5.32 Å². The monoisotopic (exact) mass is 293 g/mol. The number of imidazole rings is 1. The largest absolute Gasteiger partial charge is 0.478 e. The number of para-hydroxylation sites is 1. The van der Waals surface area contributed by atoms with E-state index in [1.807, 2.05) is 30.3 Å². The van der Waals surface area contributed by atoms with Gasteiger partial charge in [0.15, 0.2) is 0 Å². The molecule has 0 fully saturated rings. The molecular formula is C15H11N5O2. The number of nitrogens with zero attached hydrogens (tertiary/aromatic N) is 3. The number of nitrogens with one attached hydrogen (secondary N) is 2. The number of carbonyl (C=O) groups is 1. The third kappa shape index (κ3) is 1.96. The fraction of sp³-hybridized carbons (Fsp3) is 0. The van der Waals surface area contributed by atoms with Crippen LogP contribution in [0.2, 0.25) is 0 Å². The highest BCUT2D eigenvalue weighted by molar-refractivity contribution is 5.93. The Balaban J connectivity index is 1.77. The van der Waals surface area contributed by atoms with Crippen molar-refractivity contribution in [2.24, 2.45) is 0 Å². The second kappa shape index (κ2) is 4.59. The quantitative estimate of drug-likeness (QED) is 0.539. The summed E-state index contributed by atoms with van der Waals surface area (Å²) in [5.41, 5.74) is 2.48. The summed E-state index contributed by atoms with van der Waals surface area (Å²) in [5, 5.41) is 15.3. The molecular weight excluding hydrogens is 282 g/mol. The van der Waals surface area contributed by atoms with E-state index in [-0.39, 0.29) is 5.56 Å². The summed E-state index contributed by atoms with van der Waals surface area (Å²) in [5.74, 6) is 0.0758. The third-order valence-corrected chi connectivity index (χ3v) is 3.35. The van der Waals surface area contributed by atoms with Gasteiger partial charge >= 0.3 is 5.97 Å². The second-order valence-corrected chi connectivity index (χ2v) is 4.82. The summed E-state index contributed by atoms with van der Waals surface area (Å²) in [7, 11) is 0. The van der Waals surface area contributed by atoms with Crippen molar-refractivity contribution in [3.8, 4) is 0 Å². The van der Waals surface area contributed by atoms with Crippen LogP contribution in [0, 0.1) is 0 Å². The van der Waals surface area contributed by atoms with E-state index in [9.17, 15) is 4.79 Å². The number of fused-ring (bicyclic) bond motifs is 3. The Labute approximate surface area is 124 Å². The summed E-state index contributed by atoms with van der Waals surface area (Å²) in [6, 6.07) is 14.5. The standard InChI is InChI=1S/C15H11N5O2/c21-13(22)9-6-7-12-11(8-9)17-15-18-14(19-20(12)15)16-10-4-2-1-3-5-10/h1-8H,(H,21,22)(H2,16,17,18,19). The predicted octanol–water partition coefficient (Wildman–Crippen LogP) is 2.65. The summed E-state index contributed by atoms with van der Waals surface area (Å²) in [4.78, 5) is 19.7. The Morgan fingerprint density at radius 2 is 1.95 bits per heavy atom. The van der Waals surface area contributed by atoms with Crippen LogP contribution in [0.4, 0.5) is 11.6 Å². The maximum atomic E-state index is 11.0. The fourth-order valence-electron chi connectivity index (χ4n) is 2.33. The molecule has 0 aliphatic heterocycles. The van der Waals surface area contributed by atoms with Gasteiger partial charge in [0.25, 0.3) is 5.78 Å². The minimum Gasteiger partial charge on any atom is -0.478 e. The SMILES string of the molecule is O=C(O)c1ccc2c(c1)nc1nc(Nc3ccccc3)[nH]n12. The lowest BCUT2D eigenvalue weighted by atomic mass is 10.2. The van der Waals surface area contributed by atoms with Crippen LogP contribution in [0.25, 0.3) is 16.8 Å². The van der Waals surface area contributed by atoms with E-state index in [4.69, 9.17) is 5.11 Å². The average Bonchev–Trinajstić information content (AvgIpc) is 3.04. The van der Waals surface area contributed by atoms with Crippen molar-refractivity contribution in [2.45, 2.75) is 0 Å².